The van der Waals surface area contributed by atoms with Gasteiger partial charge in [0.05, 0.1) is 24.5 Å². The first-order chi connectivity index (χ1) is 14.3. The van der Waals surface area contributed by atoms with Crippen LogP contribution in [0.5, 0.6) is 5.75 Å². The summed E-state index contributed by atoms with van der Waals surface area (Å²) in [5.74, 6) is 0.209. The maximum absolute atomic E-state index is 12.9. The zero-order valence-corrected chi connectivity index (χ0v) is 18.1. The SMILES string of the molecule is C[C@@H](Oc1ccc(C(C)(C)C)cc1)C(=O)Nc1ccccc1C(=O)N1CCOCC1. The first kappa shape index (κ1) is 21.8. The van der Waals surface area contributed by atoms with Crippen molar-refractivity contribution in [2.24, 2.45) is 0 Å². The summed E-state index contributed by atoms with van der Waals surface area (Å²) in [5.41, 5.74) is 2.20. The summed E-state index contributed by atoms with van der Waals surface area (Å²) >= 11 is 0. The molecule has 2 aromatic carbocycles. The van der Waals surface area contributed by atoms with E-state index in [1.165, 1.54) is 5.56 Å². The van der Waals surface area contributed by atoms with Gasteiger partial charge >= 0.3 is 0 Å². The second kappa shape index (κ2) is 9.30. The lowest BCUT2D eigenvalue weighted by atomic mass is 9.87. The average Bonchev–Trinajstić information content (AvgIpc) is 2.74. The van der Waals surface area contributed by atoms with E-state index in [4.69, 9.17) is 9.47 Å². The first-order valence-corrected chi connectivity index (χ1v) is 10.3. The number of nitrogens with one attached hydrogen (secondary N) is 1. The van der Waals surface area contributed by atoms with Crippen molar-refractivity contribution in [3.05, 3.63) is 59.7 Å². The van der Waals surface area contributed by atoms with E-state index in [0.717, 1.165) is 0 Å². The standard InChI is InChI=1S/C24H30N2O4/c1-17(30-19-11-9-18(10-12-19)24(2,3)4)22(27)25-21-8-6-5-7-20(21)23(28)26-13-15-29-16-14-26/h5-12,17H,13-16H2,1-4H3,(H,25,27)/t17-/m1/s1. The fraction of sp³-hybridized carbons (Fsp3) is 0.417. The molecule has 0 bridgehead atoms. The van der Waals surface area contributed by atoms with E-state index in [-0.39, 0.29) is 17.2 Å². The van der Waals surface area contributed by atoms with Crippen LogP contribution >= 0.6 is 0 Å². The molecule has 1 aliphatic rings. The summed E-state index contributed by atoms with van der Waals surface area (Å²) in [6.45, 7) is 10.3. The lowest BCUT2D eigenvalue weighted by Crippen LogP contribution is -2.41. The van der Waals surface area contributed by atoms with Crippen LogP contribution in [0.3, 0.4) is 0 Å². The number of carbonyl (C=O) groups is 2. The van der Waals surface area contributed by atoms with Gasteiger partial charge in [0.1, 0.15) is 5.75 Å². The molecule has 0 spiro atoms. The van der Waals surface area contributed by atoms with Gasteiger partial charge in [0.25, 0.3) is 11.8 Å². The molecule has 0 saturated carbocycles. The Kier molecular flexibility index (Phi) is 6.77. The number of anilines is 1. The third kappa shape index (κ3) is 5.39. The monoisotopic (exact) mass is 410 g/mol. The molecule has 0 aromatic heterocycles. The highest BCUT2D eigenvalue weighted by Crippen LogP contribution is 2.25. The van der Waals surface area contributed by atoms with E-state index in [1.807, 2.05) is 24.3 Å². The Morgan fingerprint density at radius 2 is 1.67 bits per heavy atom. The van der Waals surface area contributed by atoms with Gasteiger partial charge in [0, 0.05) is 13.1 Å². The second-order valence-electron chi connectivity index (χ2n) is 8.47. The number of carbonyl (C=O) groups excluding carboxylic acids is 2. The van der Waals surface area contributed by atoms with Crippen LogP contribution in [0, 0.1) is 0 Å². The summed E-state index contributed by atoms with van der Waals surface area (Å²) in [6, 6.07) is 14.8. The van der Waals surface area contributed by atoms with E-state index in [9.17, 15) is 9.59 Å². The molecule has 30 heavy (non-hydrogen) atoms. The molecule has 1 saturated heterocycles. The smallest absolute Gasteiger partial charge is 0.265 e. The number of nitrogens with zero attached hydrogens (tertiary/aromatic N) is 1. The maximum Gasteiger partial charge on any atom is 0.265 e. The molecule has 0 radical (unpaired) electrons. The molecule has 2 aromatic rings. The van der Waals surface area contributed by atoms with Crippen LogP contribution in [-0.2, 0) is 14.9 Å². The van der Waals surface area contributed by atoms with Gasteiger partial charge in [0.2, 0.25) is 0 Å². The van der Waals surface area contributed by atoms with E-state index >= 15 is 0 Å². The van der Waals surface area contributed by atoms with Gasteiger partial charge in [-0.05, 0) is 42.2 Å². The molecule has 1 N–H and O–H groups in total. The predicted molar refractivity (Wildman–Crippen MR) is 117 cm³/mol. The van der Waals surface area contributed by atoms with E-state index in [0.29, 0.717) is 43.3 Å². The molecule has 3 rings (SSSR count). The number of benzene rings is 2. The molecule has 1 atom stereocenters. The Bertz CT molecular complexity index is 881. The molecule has 6 nitrogen and oxygen atoms in total. The van der Waals surface area contributed by atoms with Crippen LogP contribution < -0.4 is 10.1 Å². The predicted octanol–water partition coefficient (Wildman–Crippen LogP) is 3.86. The van der Waals surface area contributed by atoms with Crippen LogP contribution in [0.1, 0.15) is 43.6 Å². The van der Waals surface area contributed by atoms with Gasteiger partial charge in [-0.1, -0.05) is 45.0 Å². The van der Waals surface area contributed by atoms with Gasteiger partial charge in [0.15, 0.2) is 6.10 Å². The minimum Gasteiger partial charge on any atom is -0.481 e. The summed E-state index contributed by atoms with van der Waals surface area (Å²) < 4.78 is 11.1. The lowest BCUT2D eigenvalue weighted by Gasteiger charge is -2.27. The third-order valence-corrected chi connectivity index (χ3v) is 5.12. The number of para-hydroxylation sites is 1. The zero-order valence-electron chi connectivity index (χ0n) is 18.1. The van der Waals surface area contributed by atoms with Crippen molar-refractivity contribution >= 4 is 17.5 Å². The molecule has 0 aliphatic carbocycles. The highest BCUT2D eigenvalue weighted by molar-refractivity contribution is 6.04. The number of amides is 2. The van der Waals surface area contributed by atoms with Gasteiger partial charge in [-0.15, -0.1) is 0 Å². The van der Waals surface area contributed by atoms with Crippen molar-refractivity contribution in [2.45, 2.75) is 39.2 Å². The molecular weight excluding hydrogens is 380 g/mol. The average molecular weight is 411 g/mol. The lowest BCUT2D eigenvalue weighted by molar-refractivity contribution is -0.122. The van der Waals surface area contributed by atoms with Gasteiger partial charge in [-0.25, -0.2) is 0 Å². The topological polar surface area (TPSA) is 67.9 Å². The summed E-state index contributed by atoms with van der Waals surface area (Å²) in [6.07, 6.45) is -0.711. The van der Waals surface area contributed by atoms with Crippen molar-refractivity contribution in [1.29, 1.82) is 0 Å². The van der Waals surface area contributed by atoms with Crippen LogP contribution in [-0.4, -0.2) is 49.1 Å². The van der Waals surface area contributed by atoms with Gasteiger partial charge < -0.3 is 19.7 Å². The Morgan fingerprint density at radius 3 is 2.30 bits per heavy atom. The largest absolute Gasteiger partial charge is 0.481 e. The van der Waals surface area contributed by atoms with E-state index in [1.54, 1.807) is 36.1 Å². The highest BCUT2D eigenvalue weighted by Gasteiger charge is 2.23. The Hall–Kier alpha value is -2.86. The maximum atomic E-state index is 12.9. The number of hydrogen-bond acceptors (Lipinski definition) is 4. The molecule has 0 unspecified atom stereocenters. The summed E-state index contributed by atoms with van der Waals surface area (Å²) in [4.78, 5) is 27.3. The van der Waals surface area contributed by atoms with E-state index in [2.05, 4.69) is 26.1 Å². The zero-order chi connectivity index (χ0) is 21.7. The minimum absolute atomic E-state index is 0.0538. The van der Waals surface area contributed by atoms with E-state index < -0.39 is 6.10 Å². The quantitative estimate of drug-likeness (QED) is 0.813. The Balaban J connectivity index is 1.66. The number of hydrogen-bond donors (Lipinski definition) is 1. The van der Waals surface area contributed by atoms with Crippen molar-refractivity contribution in [3.63, 3.8) is 0 Å². The molecule has 6 heteroatoms. The summed E-state index contributed by atoms with van der Waals surface area (Å²) in [7, 11) is 0. The van der Waals surface area contributed by atoms with Crippen molar-refractivity contribution in [3.8, 4) is 5.75 Å². The molecule has 1 heterocycles. The third-order valence-electron chi connectivity index (χ3n) is 5.12. The van der Waals surface area contributed by atoms with Crippen molar-refractivity contribution in [1.82, 2.24) is 4.90 Å². The Morgan fingerprint density at radius 1 is 1.03 bits per heavy atom. The van der Waals surface area contributed by atoms with Gasteiger partial charge in [-0.3, -0.25) is 9.59 Å². The van der Waals surface area contributed by atoms with Crippen LogP contribution in [0.15, 0.2) is 48.5 Å². The van der Waals surface area contributed by atoms with Gasteiger partial charge in [-0.2, -0.15) is 0 Å². The molecule has 1 fully saturated rings. The fourth-order valence-electron chi connectivity index (χ4n) is 3.24. The fourth-order valence-corrected chi connectivity index (χ4v) is 3.24. The number of rotatable bonds is 5. The van der Waals surface area contributed by atoms with Crippen LogP contribution in [0.4, 0.5) is 5.69 Å². The molecule has 1 aliphatic heterocycles. The second-order valence-corrected chi connectivity index (χ2v) is 8.47. The van der Waals surface area contributed by atoms with Crippen molar-refractivity contribution < 1.29 is 19.1 Å². The number of morpholine rings is 1. The highest BCUT2D eigenvalue weighted by atomic mass is 16.5. The molecule has 2 amide bonds. The van der Waals surface area contributed by atoms with Crippen molar-refractivity contribution in [2.75, 3.05) is 31.6 Å². The first-order valence-electron chi connectivity index (χ1n) is 10.3. The normalized spacial score (nSPS) is 15.4. The number of ether oxygens (including phenoxy) is 2. The summed E-state index contributed by atoms with van der Waals surface area (Å²) in [5, 5.41) is 2.84. The molecular formula is C24H30N2O4. The van der Waals surface area contributed by atoms with Crippen LogP contribution in [0.25, 0.3) is 0 Å². The Labute approximate surface area is 178 Å². The minimum atomic E-state index is -0.711. The molecule has 160 valence electrons. The van der Waals surface area contributed by atoms with Crippen LogP contribution in [0.2, 0.25) is 0 Å².